The van der Waals surface area contributed by atoms with Crippen LogP contribution in [0.25, 0.3) is 40.3 Å². The molecule has 0 radical (unpaired) electrons. The average molecular weight is 486 g/mol. The Kier molecular flexibility index (Phi) is 4.86. The van der Waals surface area contributed by atoms with E-state index in [0.29, 0.717) is 0 Å². The first-order valence-electron chi connectivity index (χ1n) is 12.0. The van der Waals surface area contributed by atoms with Gasteiger partial charge in [0.15, 0.2) is 0 Å². The van der Waals surface area contributed by atoms with Crippen LogP contribution in [0, 0.1) is 0 Å². The standard InChI is InChI=1S/C32H23NS2/c1-2-21-17-19-22(20-18-21)33(27-13-7-11-25-23-9-3-5-15-29(23)34-31(25)27)28-14-8-12-26-24-10-4-6-16-30(24)35-32(26)28/h3-20H,2H2,1H3. The van der Waals surface area contributed by atoms with Crippen molar-refractivity contribution in [3.63, 3.8) is 0 Å². The van der Waals surface area contributed by atoms with Gasteiger partial charge in [-0.3, -0.25) is 0 Å². The number of anilines is 3. The van der Waals surface area contributed by atoms with Crippen LogP contribution < -0.4 is 4.90 Å². The predicted octanol–water partition coefficient (Wildman–Crippen LogP) is 10.5. The maximum atomic E-state index is 2.47. The van der Waals surface area contributed by atoms with E-state index < -0.39 is 0 Å². The lowest BCUT2D eigenvalue weighted by atomic mass is 10.1. The van der Waals surface area contributed by atoms with E-state index in [1.54, 1.807) is 0 Å². The number of rotatable bonds is 4. The van der Waals surface area contributed by atoms with Crippen molar-refractivity contribution in [3.05, 3.63) is 115 Å². The van der Waals surface area contributed by atoms with Crippen molar-refractivity contribution in [2.75, 3.05) is 4.90 Å². The predicted molar refractivity (Wildman–Crippen MR) is 156 cm³/mol. The molecule has 7 rings (SSSR count). The average Bonchev–Trinajstić information content (AvgIpc) is 3.49. The summed E-state index contributed by atoms with van der Waals surface area (Å²) in [5.41, 5.74) is 5.02. The molecule has 5 aromatic carbocycles. The number of thiophene rings is 2. The highest BCUT2D eigenvalue weighted by atomic mass is 32.1. The number of fused-ring (bicyclic) bond motifs is 6. The first kappa shape index (κ1) is 20.7. The Hall–Kier alpha value is -3.66. The molecule has 2 aromatic heterocycles. The Labute approximate surface area is 212 Å². The highest BCUT2D eigenvalue weighted by molar-refractivity contribution is 7.27. The molecule has 7 aromatic rings. The molecule has 168 valence electrons. The highest BCUT2D eigenvalue weighted by Gasteiger charge is 2.21. The minimum Gasteiger partial charge on any atom is -0.308 e. The fraction of sp³-hybridized carbons (Fsp3) is 0.0625. The Bertz CT molecular complexity index is 1730. The molecule has 0 fully saturated rings. The van der Waals surface area contributed by atoms with Crippen molar-refractivity contribution in [2.45, 2.75) is 13.3 Å². The van der Waals surface area contributed by atoms with Gasteiger partial charge in [0.05, 0.1) is 20.8 Å². The Balaban J connectivity index is 1.56. The molecule has 35 heavy (non-hydrogen) atoms. The third-order valence-electron chi connectivity index (χ3n) is 6.85. The minimum absolute atomic E-state index is 1.04. The van der Waals surface area contributed by atoms with Gasteiger partial charge in [-0.25, -0.2) is 0 Å². The van der Waals surface area contributed by atoms with E-state index in [4.69, 9.17) is 0 Å². The zero-order valence-corrected chi connectivity index (χ0v) is 21.0. The van der Waals surface area contributed by atoms with Crippen LogP contribution in [0.3, 0.4) is 0 Å². The van der Waals surface area contributed by atoms with Gasteiger partial charge >= 0.3 is 0 Å². The zero-order valence-electron chi connectivity index (χ0n) is 19.4. The van der Waals surface area contributed by atoms with Crippen LogP contribution in [-0.2, 0) is 6.42 Å². The van der Waals surface area contributed by atoms with Crippen molar-refractivity contribution in [1.29, 1.82) is 0 Å². The van der Waals surface area contributed by atoms with Crippen molar-refractivity contribution < 1.29 is 0 Å². The molecule has 1 nitrogen and oxygen atoms in total. The Morgan fingerprint density at radius 3 is 1.51 bits per heavy atom. The third kappa shape index (κ3) is 3.27. The molecule has 0 aliphatic rings. The van der Waals surface area contributed by atoms with Crippen LogP contribution in [0.15, 0.2) is 109 Å². The van der Waals surface area contributed by atoms with Crippen LogP contribution >= 0.6 is 22.7 Å². The van der Waals surface area contributed by atoms with E-state index in [0.717, 1.165) is 6.42 Å². The summed E-state index contributed by atoms with van der Waals surface area (Å²) in [7, 11) is 0. The molecule has 0 unspecified atom stereocenters. The van der Waals surface area contributed by atoms with Gasteiger partial charge in [0.1, 0.15) is 0 Å². The van der Waals surface area contributed by atoms with E-state index in [2.05, 4.69) is 121 Å². The van der Waals surface area contributed by atoms with Crippen LogP contribution in [-0.4, -0.2) is 0 Å². The van der Waals surface area contributed by atoms with Gasteiger partial charge in [-0.05, 0) is 48.4 Å². The number of nitrogens with zero attached hydrogens (tertiary/aromatic N) is 1. The third-order valence-corrected chi connectivity index (χ3v) is 9.27. The summed E-state index contributed by atoms with van der Waals surface area (Å²) in [6.45, 7) is 2.21. The number of benzene rings is 5. The van der Waals surface area contributed by atoms with Gasteiger partial charge in [-0.15, -0.1) is 22.7 Å². The summed E-state index contributed by atoms with van der Waals surface area (Å²) in [6, 6.07) is 40.1. The van der Waals surface area contributed by atoms with E-state index in [1.807, 2.05) is 22.7 Å². The van der Waals surface area contributed by atoms with Gasteiger partial charge < -0.3 is 4.90 Å². The molecule has 0 N–H and O–H groups in total. The SMILES string of the molecule is CCc1ccc(N(c2cccc3c2sc2ccccc23)c2cccc3c2sc2ccccc23)cc1. The molecule has 0 spiro atoms. The summed E-state index contributed by atoms with van der Waals surface area (Å²) >= 11 is 3.77. The normalized spacial score (nSPS) is 11.7. The van der Waals surface area contributed by atoms with Crippen LogP contribution in [0.2, 0.25) is 0 Å². The maximum absolute atomic E-state index is 2.47. The molecule has 0 saturated heterocycles. The van der Waals surface area contributed by atoms with Gasteiger partial charge in [-0.2, -0.15) is 0 Å². The molecular weight excluding hydrogens is 462 g/mol. The molecule has 0 saturated carbocycles. The molecule has 3 heteroatoms. The first-order chi connectivity index (χ1) is 17.3. The summed E-state index contributed by atoms with van der Waals surface area (Å²) < 4.78 is 5.31. The highest BCUT2D eigenvalue weighted by Crippen LogP contribution is 2.48. The lowest BCUT2D eigenvalue weighted by Gasteiger charge is -2.27. The molecule has 2 heterocycles. The second-order valence-electron chi connectivity index (χ2n) is 8.86. The molecule has 0 aliphatic carbocycles. The lowest BCUT2D eigenvalue weighted by Crippen LogP contribution is -2.10. The summed E-state index contributed by atoms with van der Waals surface area (Å²) in [5.74, 6) is 0. The van der Waals surface area contributed by atoms with Gasteiger partial charge in [0.2, 0.25) is 0 Å². The van der Waals surface area contributed by atoms with Gasteiger partial charge in [0.25, 0.3) is 0 Å². The summed E-state index contributed by atoms with van der Waals surface area (Å²) in [4.78, 5) is 2.47. The Morgan fingerprint density at radius 1 is 0.514 bits per heavy atom. The monoisotopic (exact) mass is 485 g/mol. The number of aryl methyl sites for hydroxylation is 1. The second kappa shape index (κ2) is 8.23. The second-order valence-corrected chi connectivity index (χ2v) is 11.0. The minimum atomic E-state index is 1.04. The van der Waals surface area contributed by atoms with Crippen LogP contribution in [0.5, 0.6) is 0 Å². The first-order valence-corrected chi connectivity index (χ1v) is 13.6. The number of hydrogen-bond donors (Lipinski definition) is 0. The zero-order chi connectivity index (χ0) is 23.4. The fourth-order valence-electron chi connectivity index (χ4n) is 5.11. The van der Waals surface area contributed by atoms with Crippen LogP contribution in [0.1, 0.15) is 12.5 Å². The topological polar surface area (TPSA) is 3.24 Å². The van der Waals surface area contributed by atoms with Gasteiger partial charge in [0, 0.05) is 36.6 Å². The molecule has 0 aliphatic heterocycles. The van der Waals surface area contributed by atoms with Crippen molar-refractivity contribution >= 4 is 80.1 Å². The molecule has 0 amide bonds. The van der Waals surface area contributed by atoms with Crippen molar-refractivity contribution in [1.82, 2.24) is 0 Å². The largest absolute Gasteiger partial charge is 0.308 e. The molecular formula is C32H23NS2. The van der Waals surface area contributed by atoms with E-state index >= 15 is 0 Å². The maximum Gasteiger partial charge on any atom is 0.0640 e. The number of hydrogen-bond acceptors (Lipinski definition) is 3. The van der Waals surface area contributed by atoms with E-state index in [-0.39, 0.29) is 0 Å². The van der Waals surface area contributed by atoms with Crippen LogP contribution in [0.4, 0.5) is 17.1 Å². The molecule has 0 atom stereocenters. The van der Waals surface area contributed by atoms with E-state index in [1.165, 1.54) is 63.0 Å². The fourth-order valence-corrected chi connectivity index (χ4v) is 7.52. The summed E-state index contributed by atoms with van der Waals surface area (Å²) in [6.07, 6.45) is 1.04. The molecule has 0 bridgehead atoms. The van der Waals surface area contributed by atoms with E-state index in [9.17, 15) is 0 Å². The van der Waals surface area contributed by atoms with Crippen molar-refractivity contribution in [3.8, 4) is 0 Å². The Morgan fingerprint density at radius 2 is 1.00 bits per heavy atom. The summed E-state index contributed by atoms with van der Waals surface area (Å²) in [5, 5.41) is 5.30. The lowest BCUT2D eigenvalue weighted by molar-refractivity contribution is 1.14. The quantitative estimate of drug-likeness (QED) is 0.240. The van der Waals surface area contributed by atoms with Gasteiger partial charge in [-0.1, -0.05) is 79.7 Å². The smallest absolute Gasteiger partial charge is 0.0640 e. The van der Waals surface area contributed by atoms with Crippen molar-refractivity contribution in [2.24, 2.45) is 0 Å².